The molecule has 3 amide bonds. The van der Waals surface area contributed by atoms with Gasteiger partial charge in [-0.15, -0.1) is 0 Å². The van der Waals surface area contributed by atoms with Gasteiger partial charge in [0.25, 0.3) is 0 Å². The van der Waals surface area contributed by atoms with E-state index >= 15 is 0 Å². The third-order valence-electron chi connectivity index (χ3n) is 5.10. The van der Waals surface area contributed by atoms with Crippen molar-refractivity contribution in [3.63, 3.8) is 0 Å². The van der Waals surface area contributed by atoms with Gasteiger partial charge in [-0.25, -0.2) is 4.79 Å². The van der Waals surface area contributed by atoms with Gasteiger partial charge in [-0.1, -0.05) is 48.0 Å². The van der Waals surface area contributed by atoms with Crippen LogP contribution in [0.4, 0.5) is 0 Å². The van der Waals surface area contributed by atoms with Crippen molar-refractivity contribution in [1.29, 1.82) is 0 Å². The fraction of sp³-hybridized carbons (Fsp3) is 0.800. The Morgan fingerprint density at radius 2 is 1.17 bits per heavy atom. The highest BCUT2D eigenvalue weighted by Crippen LogP contribution is 2.09. The summed E-state index contributed by atoms with van der Waals surface area (Å²) in [6, 6.07) is -4.34. The molecule has 0 aliphatic carbocycles. The molecule has 174 valence electrons. The molecule has 0 spiro atoms. The molecule has 6 unspecified atom stereocenters. The molecule has 0 fully saturated rings. The normalized spacial score (nSPS) is 17.4. The van der Waals surface area contributed by atoms with E-state index in [0.29, 0.717) is 6.42 Å². The average Bonchev–Trinajstić information content (AvgIpc) is 2.65. The third kappa shape index (κ3) is 8.27. The van der Waals surface area contributed by atoms with E-state index in [4.69, 9.17) is 5.73 Å². The number of aliphatic carboxylic acids is 1. The van der Waals surface area contributed by atoms with Crippen molar-refractivity contribution in [2.45, 2.75) is 85.2 Å². The zero-order valence-electron chi connectivity index (χ0n) is 18.9. The van der Waals surface area contributed by atoms with Crippen molar-refractivity contribution >= 4 is 23.7 Å². The monoisotopic (exact) mass is 430 g/mol. The molecule has 0 aliphatic heterocycles. The minimum absolute atomic E-state index is 0.0825. The summed E-state index contributed by atoms with van der Waals surface area (Å²) in [5.41, 5.74) is 5.93. The van der Waals surface area contributed by atoms with Gasteiger partial charge in [0.05, 0.1) is 12.1 Å². The number of amides is 3. The van der Waals surface area contributed by atoms with Gasteiger partial charge >= 0.3 is 5.97 Å². The van der Waals surface area contributed by atoms with E-state index in [2.05, 4.69) is 16.0 Å². The highest BCUT2D eigenvalue weighted by molar-refractivity contribution is 5.94. The van der Waals surface area contributed by atoms with Gasteiger partial charge in [0.15, 0.2) is 0 Å². The first-order valence-electron chi connectivity index (χ1n) is 10.3. The summed E-state index contributed by atoms with van der Waals surface area (Å²) < 4.78 is 0. The molecule has 0 radical (unpaired) electrons. The summed E-state index contributed by atoms with van der Waals surface area (Å²) in [5.74, 6) is -4.01. The maximum absolute atomic E-state index is 12.8. The number of aliphatic hydroxyl groups excluding tert-OH is 1. The van der Waals surface area contributed by atoms with E-state index in [0.717, 1.165) is 0 Å². The van der Waals surface area contributed by atoms with Crippen LogP contribution in [0.1, 0.15) is 54.9 Å². The van der Waals surface area contributed by atoms with Gasteiger partial charge in [0.1, 0.15) is 18.1 Å². The van der Waals surface area contributed by atoms with Crippen molar-refractivity contribution in [3.8, 4) is 0 Å². The number of carboxylic acids is 1. The lowest BCUT2D eigenvalue weighted by Gasteiger charge is -2.29. The number of hydrogen-bond acceptors (Lipinski definition) is 6. The summed E-state index contributed by atoms with van der Waals surface area (Å²) in [6.45, 7) is 11.7. The van der Waals surface area contributed by atoms with E-state index in [9.17, 15) is 29.4 Å². The van der Waals surface area contributed by atoms with Gasteiger partial charge in [-0.2, -0.15) is 0 Å². The number of nitrogens with one attached hydrogen (secondary N) is 3. The molecule has 7 N–H and O–H groups in total. The number of carboxylic acid groups (broad SMARTS) is 1. The van der Waals surface area contributed by atoms with Crippen LogP contribution in [0.2, 0.25) is 0 Å². The first kappa shape index (κ1) is 27.8. The first-order valence-corrected chi connectivity index (χ1v) is 10.3. The van der Waals surface area contributed by atoms with E-state index in [1.165, 1.54) is 6.92 Å². The summed E-state index contributed by atoms with van der Waals surface area (Å²) in [4.78, 5) is 49.0. The molecule has 0 heterocycles. The summed E-state index contributed by atoms with van der Waals surface area (Å²) in [7, 11) is 0. The topological polar surface area (TPSA) is 171 Å². The number of rotatable bonds is 12. The van der Waals surface area contributed by atoms with Gasteiger partial charge in [0.2, 0.25) is 17.7 Å². The van der Waals surface area contributed by atoms with E-state index < -0.39 is 59.9 Å². The first-order chi connectivity index (χ1) is 13.7. The number of carbonyl (C=O) groups excluding carboxylic acids is 3. The van der Waals surface area contributed by atoms with Gasteiger partial charge < -0.3 is 31.9 Å². The number of nitrogens with two attached hydrogens (primary N) is 1. The fourth-order valence-electron chi connectivity index (χ4n) is 2.70. The third-order valence-corrected chi connectivity index (χ3v) is 5.10. The Labute approximate surface area is 178 Å². The fourth-order valence-corrected chi connectivity index (χ4v) is 2.70. The summed E-state index contributed by atoms with van der Waals surface area (Å²) in [6.07, 6.45) is -0.598. The van der Waals surface area contributed by atoms with Crippen molar-refractivity contribution < 1.29 is 29.4 Å². The molecular weight excluding hydrogens is 392 g/mol. The lowest BCUT2D eigenvalue weighted by molar-refractivity contribution is -0.144. The predicted octanol–water partition coefficient (Wildman–Crippen LogP) is -0.408. The van der Waals surface area contributed by atoms with E-state index in [1.807, 2.05) is 13.8 Å². The molecule has 0 saturated heterocycles. The van der Waals surface area contributed by atoms with Crippen LogP contribution < -0.4 is 21.7 Å². The predicted molar refractivity (Wildman–Crippen MR) is 112 cm³/mol. The minimum Gasteiger partial charge on any atom is -0.480 e. The lowest BCUT2D eigenvalue weighted by Crippen LogP contribution is -2.61. The number of hydrogen-bond donors (Lipinski definition) is 6. The van der Waals surface area contributed by atoms with Crippen LogP contribution in [-0.2, 0) is 19.2 Å². The molecule has 10 nitrogen and oxygen atoms in total. The molecule has 0 rings (SSSR count). The van der Waals surface area contributed by atoms with Crippen LogP contribution in [0.3, 0.4) is 0 Å². The molecule has 0 saturated carbocycles. The van der Waals surface area contributed by atoms with Crippen LogP contribution in [0, 0.1) is 17.8 Å². The summed E-state index contributed by atoms with van der Waals surface area (Å²) >= 11 is 0. The lowest BCUT2D eigenvalue weighted by atomic mass is 9.97. The van der Waals surface area contributed by atoms with Gasteiger partial charge in [-0.05, 0) is 24.7 Å². The van der Waals surface area contributed by atoms with Crippen LogP contribution in [-0.4, -0.2) is 64.2 Å². The van der Waals surface area contributed by atoms with Crippen molar-refractivity contribution in [3.05, 3.63) is 0 Å². The molecule has 30 heavy (non-hydrogen) atoms. The smallest absolute Gasteiger partial charge is 0.326 e. The molecule has 10 heteroatoms. The number of carbonyl (C=O) groups is 4. The molecule has 0 aliphatic rings. The standard InChI is InChI=1S/C20H38N4O6/c1-8-11(6)13(21)17(26)22-14(9(2)3)18(27)24-16(12(7)25)19(28)23-15(10(4)5)20(29)30/h9-16,25H,8,21H2,1-7H3,(H,22,26)(H,23,28)(H,24,27)(H,29,30). The minimum atomic E-state index is -1.39. The molecule has 6 atom stereocenters. The molecule has 0 aromatic rings. The highest BCUT2D eigenvalue weighted by Gasteiger charge is 2.34. The van der Waals surface area contributed by atoms with Crippen LogP contribution in [0.15, 0.2) is 0 Å². The SMILES string of the molecule is CCC(C)C(N)C(=O)NC(C(=O)NC(C(=O)NC(C(=O)O)C(C)C)C(C)O)C(C)C. The molecule has 0 bridgehead atoms. The Hall–Kier alpha value is -2.20. The van der Waals surface area contributed by atoms with Gasteiger partial charge in [0, 0.05) is 0 Å². The number of aliphatic hydroxyl groups is 1. The maximum atomic E-state index is 12.8. The average molecular weight is 431 g/mol. The Bertz CT molecular complexity index is 608. The maximum Gasteiger partial charge on any atom is 0.326 e. The highest BCUT2D eigenvalue weighted by atomic mass is 16.4. The van der Waals surface area contributed by atoms with Crippen molar-refractivity contribution in [2.24, 2.45) is 23.5 Å². The molecule has 0 aromatic heterocycles. The Balaban J connectivity index is 5.39. The largest absolute Gasteiger partial charge is 0.480 e. The van der Waals surface area contributed by atoms with Gasteiger partial charge in [-0.3, -0.25) is 14.4 Å². The Kier molecular flexibility index (Phi) is 11.6. The molecular formula is C20H38N4O6. The Morgan fingerprint density at radius 1 is 0.767 bits per heavy atom. The zero-order chi connectivity index (χ0) is 23.8. The Morgan fingerprint density at radius 3 is 1.53 bits per heavy atom. The van der Waals surface area contributed by atoms with Crippen LogP contribution in [0.25, 0.3) is 0 Å². The van der Waals surface area contributed by atoms with Crippen molar-refractivity contribution in [1.82, 2.24) is 16.0 Å². The quantitative estimate of drug-likeness (QED) is 0.244. The van der Waals surface area contributed by atoms with Crippen LogP contribution >= 0.6 is 0 Å². The zero-order valence-corrected chi connectivity index (χ0v) is 18.9. The second-order valence-corrected chi connectivity index (χ2v) is 8.44. The molecule has 0 aromatic carbocycles. The second kappa shape index (κ2) is 12.5. The van der Waals surface area contributed by atoms with Crippen LogP contribution in [0.5, 0.6) is 0 Å². The van der Waals surface area contributed by atoms with Crippen molar-refractivity contribution in [2.75, 3.05) is 0 Å². The van der Waals surface area contributed by atoms with E-state index in [1.54, 1.807) is 27.7 Å². The van der Waals surface area contributed by atoms with E-state index in [-0.39, 0.29) is 11.8 Å². The summed E-state index contributed by atoms with van der Waals surface area (Å²) in [5, 5.41) is 26.6. The second-order valence-electron chi connectivity index (χ2n) is 8.44.